The smallest absolute Gasteiger partial charge is 0.244 e. The third-order valence-corrected chi connectivity index (χ3v) is 8.95. The van der Waals surface area contributed by atoms with Crippen LogP contribution >= 0.6 is 11.6 Å². The molecule has 43 heavy (non-hydrogen) atoms. The number of methoxy groups -OCH3 is 2. The highest BCUT2D eigenvalue weighted by molar-refractivity contribution is 7.92. The largest absolute Gasteiger partial charge is 0.497 e. The van der Waals surface area contributed by atoms with E-state index < -0.39 is 28.5 Å². The topological polar surface area (TPSA) is 105 Å². The van der Waals surface area contributed by atoms with Gasteiger partial charge in [0.05, 0.1) is 26.2 Å². The average Bonchev–Trinajstić information content (AvgIpc) is 3.51. The number of benzene rings is 3. The van der Waals surface area contributed by atoms with Crippen LogP contribution in [0.1, 0.15) is 36.8 Å². The zero-order valence-corrected chi connectivity index (χ0v) is 26.2. The monoisotopic (exact) mass is 627 g/mol. The van der Waals surface area contributed by atoms with E-state index in [1.165, 1.54) is 25.2 Å². The number of hydrogen-bond donors (Lipinski definition) is 1. The summed E-state index contributed by atoms with van der Waals surface area (Å²) in [6, 6.07) is 20.3. The number of sulfonamides is 1. The summed E-state index contributed by atoms with van der Waals surface area (Å²) in [5.41, 5.74) is 1.77. The predicted molar refractivity (Wildman–Crippen MR) is 168 cm³/mol. The number of nitrogens with zero attached hydrogens (tertiary/aromatic N) is 2. The maximum absolute atomic E-state index is 14.3. The van der Waals surface area contributed by atoms with Gasteiger partial charge in [-0.15, -0.1) is 0 Å². The van der Waals surface area contributed by atoms with Gasteiger partial charge in [-0.1, -0.05) is 66.9 Å². The quantitative estimate of drug-likeness (QED) is 0.291. The predicted octanol–water partition coefficient (Wildman–Crippen LogP) is 4.82. The molecule has 3 aromatic carbocycles. The van der Waals surface area contributed by atoms with E-state index in [4.69, 9.17) is 21.1 Å². The summed E-state index contributed by atoms with van der Waals surface area (Å²) in [5.74, 6) is -0.174. The molecule has 0 unspecified atom stereocenters. The van der Waals surface area contributed by atoms with Crippen molar-refractivity contribution in [3.05, 3.63) is 88.9 Å². The molecule has 11 heteroatoms. The molecule has 0 heterocycles. The van der Waals surface area contributed by atoms with E-state index in [2.05, 4.69) is 5.32 Å². The second-order valence-electron chi connectivity index (χ2n) is 10.7. The fraction of sp³-hybridized carbons (Fsp3) is 0.375. The Labute approximate surface area is 258 Å². The molecule has 1 aliphatic carbocycles. The Kier molecular flexibility index (Phi) is 10.9. The summed E-state index contributed by atoms with van der Waals surface area (Å²) in [5, 5.41) is 3.69. The van der Waals surface area contributed by atoms with E-state index in [9.17, 15) is 18.0 Å². The molecule has 0 radical (unpaired) electrons. The van der Waals surface area contributed by atoms with Crippen molar-refractivity contribution >= 4 is 39.1 Å². The molecule has 1 fully saturated rings. The summed E-state index contributed by atoms with van der Waals surface area (Å²) in [6.45, 7) is -0.490. The van der Waals surface area contributed by atoms with Crippen LogP contribution in [0.5, 0.6) is 11.5 Å². The third kappa shape index (κ3) is 8.64. The van der Waals surface area contributed by atoms with E-state index in [-0.39, 0.29) is 36.4 Å². The lowest BCUT2D eigenvalue weighted by Gasteiger charge is -2.34. The number of rotatable bonds is 13. The van der Waals surface area contributed by atoms with Crippen molar-refractivity contribution in [2.24, 2.45) is 0 Å². The molecule has 9 nitrogen and oxygen atoms in total. The standard InChI is InChI=1S/C32H38ClN3O6S/c1-41-27-17-18-30(42-2)28(20-27)36(43(3,39)40)22-31(37)35(21-24-13-15-25(33)16-14-24)29(19-23-9-5-4-6-10-23)32(38)34-26-11-7-8-12-26/h4-6,9-10,13-18,20,26,29H,7-8,11-12,19,21-22H2,1-3H3,(H,34,38)/t29-/m0/s1. The van der Waals surface area contributed by atoms with Crippen LogP contribution in [0.2, 0.25) is 5.02 Å². The van der Waals surface area contributed by atoms with Crippen LogP contribution in [0.4, 0.5) is 5.69 Å². The van der Waals surface area contributed by atoms with E-state index in [0.29, 0.717) is 10.8 Å². The van der Waals surface area contributed by atoms with Gasteiger partial charge in [0, 0.05) is 30.1 Å². The number of carbonyl (C=O) groups excluding carboxylic acids is 2. The number of carbonyl (C=O) groups is 2. The Balaban J connectivity index is 1.76. The summed E-state index contributed by atoms with van der Waals surface area (Å²) < 4.78 is 38.0. The molecule has 1 saturated carbocycles. The molecule has 2 amide bonds. The molecule has 3 aromatic rings. The van der Waals surface area contributed by atoms with Gasteiger partial charge in [0.2, 0.25) is 21.8 Å². The minimum absolute atomic E-state index is 0.0341. The lowest BCUT2D eigenvalue weighted by Crippen LogP contribution is -2.54. The molecule has 4 rings (SSSR count). The molecule has 230 valence electrons. The van der Waals surface area contributed by atoms with Crippen molar-refractivity contribution in [2.75, 3.05) is 31.3 Å². The van der Waals surface area contributed by atoms with E-state index in [1.807, 2.05) is 30.3 Å². The number of amides is 2. The fourth-order valence-corrected chi connectivity index (χ4v) is 6.27. The summed E-state index contributed by atoms with van der Waals surface area (Å²) in [7, 11) is -1.09. The van der Waals surface area contributed by atoms with Crippen LogP contribution in [0.3, 0.4) is 0 Å². The van der Waals surface area contributed by atoms with Crippen LogP contribution in [0.25, 0.3) is 0 Å². The van der Waals surface area contributed by atoms with Gasteiger partial charge in [-0.2, -0.15) is 0 Å². The Morgan fingerprint density at radius 1 is 0.953 bits per heavy atom. The fourth-order valence-electron chi connectivity index (χ4n) is 5.29. The number of nitrogens with one attached hydrogen (secondary N) is 1. The number of anilines is 1. The SMILES string of the molecule is COc1ccc(OC)c(N(CC(=O)N(Cc2ccc(Cl)cc2)[C@@H](Cc2ccccc2)C(=O)NC2CCCC2)S(C)(=O)=O)c1. The molecule has 0 saturated heterocycles. The van der Waals surface area contributed by atoms with Gasteiger partial charge in [0.1, 0.15) is 24.1 Å². The first kappa shape index (κ1) is 32.2. The second kappa shape index (κ2) is 14.6. The number of halogens is 1. The van der Waals surface area contributed by atoms with Crippen molar-refractivity contribution in [3.63, 3.8) is 0 Å². The van der Waals surface area contributed by atoms with Crippen LogP contribution in [0, 0.1) is 0 Å². The molecule has 1 N–H and O–H groups in total. The molecular formula is C32H38ClN3O6S. The molecule has 0 bridgehead atoms. The highest BCUT2D eigenvalue weighted by Crippen LogP contribution is 2.34. The number of ether oxygens (including phenoxy) is 2. The minimum atomic E-state index is -3.97. The second-order valence-corrected chi connectivity index (χ2v) is 13.0. The van der Waals surface area contributed by atoms with E-state index in [0.717, 1.165) is 47.4 Å². The summed E-state index contributed by atoms with van der Waals surface area (Å²) >= 11 is 6.13. The van der Waals surface area contributed by atoms with Crippen molar-refractivity contribution in [3.8, 4) is 11.5 Å². The Bertz CT molecular complexity index is 1500. The van der Waals surface area contributed by atoms with Crippen molar-refractivity contribution in [1.29, 1.82) is 0 Å². The highest BCUT2D eigenvalue weighted by Gasteiger charge is 2.35. The lowest BCUT2D eigenvalue weighted by atomic mass is 10.0. The van der Waals surface area contributed by atoms with Gasteiger partial charge < -0.3 is 19.7 Å². The lowest BCUT2D eigenvalue weighted by molar-refractivity contribution is -0.140. The summed E-state index contributed by atoms with van der Waals surface area (Å²) in [4.78, 5) is 29.7. The van der Waals surface area contributed by atoms with Gasteiger partial charge in [-0.25, -0.2) is 8.42 Å². The number of hydrogen-bond acceptors (Lipinski definition) is 6. The first-order valence-electron chi connectivity index (χ1n) is 14.2. The molecular weight excluding hydrogens is 590 g/mol. The van der Waals surface area contributed by atoms with Gasteiger partial charge >= 0.3 is 0 Å². The molecule has 1 aliphatic rings. The third-order valence-electron chi connectivity index (χ3n) is 7.57. The normalized spacial score (nSPS) is 14.1. The molecule has 0 spiro atoms. The maximum atomic E-state index is 14.3. The molecule has 0 aliphatic heterocycles. The van der Waals surface area contributed by atoms with Gasteiger partial charge in [-0.3, -0.25) is 13.9 Å². The molecule has 0 aromatic heterocycles. The Morgan fingerprint density at radius 2 is 1.63 bits per heavy atom. The van der Waals surface area contributed by atoms with Crippen LogP contribution < -0.4 is 19.1 Å². The Hall–Kier alpha value is -3.76. The highest BCUT2D eigenvalue weighted by atomic mass is 35.5. The van der Waals surface area contributed by atoms with Crippen LogP contribution in [-0.2, 0) is 32.6 Å². The van der Waals surface area contributed by atoms with Crippen molar-refractivity contribution in [1.82, 2.24) is 10.2 Å². The Morgan fingerprint density at radius 3 is 2.23 bits per heavy atom. The zero-order valence-electron chi connectivity index (χ0n) is 24.7. The summed E-state index contributed by atoms with van der Waals surface area (Å²) in [6.07, 6.45) is 5.11. The zero-order chi connectivity index (χ0) is 31.0. The van der Waals surface area contributed by atoms with Gasteiger partial charge in [0.25, 0.3) is 0 Å². The van der Waals surface area contributed by atoms with Gasteiger partial charge in [-0.05, 0) is 48.2 Å². The van der Waals surface area contributed by atoms with Crippen molar-refractivity contribution < 1.29 is 27.5 Å². The minimum Gasteiger partial charge on any atom is -0.497 e. The van der Waals surface area contributed by atoms with E-state index >= 15 is 0 Å². The molecule has 1 atom stereocenters. The van der Waals surface area contributed by atoms with Crippen LogP contribution in [-0.4, -0.2) is 64.2 Å². The first-order valence-corrected chi connectivity index (χ1v) is 16.4. The maximum Gasteiger partial charge on any atom is 0.244 e. The van der Waals surface area contributed by atoms with Crippen LogP contribution in [0.15, 0.2) is 72.8 Å². The van der Waals surface area contributed by atoms with Gasteiger partial charge in [0.15, 0.2) is 0 Å². The van der Waals surface area contributed by atoms with Crippen molar-refractivity contribution in [2.45, 2.75) is 50.7 Å². The van der Waals surface area contributed by atoms with E-state index in [1.54, 1.807) is 36.4 Å². The first-order chi connectivity index (χ1) is 20.6. The average molecular weight is 628 g/mol.